The quantitative estimate of drug-likeness (QED) is 0.758. The first-order valence-corrected chi connectivity index (χ1v) is 11.4. The van der Waals surface area contributed by atoms with Gasteiger partial charge in [-0.15, -0.1) is 10.2 Å². The van der Waals surface area contributed by atoms with Crippen molar-refractivity contribution < 1.29 is 17.9 Å². The molecule has 2 atom stereocenters. The molecule has 4 rings (SSSR count). The lowest BCUT2D eigenvalue weighted by molar-refractivity contribution is 0.100. The monoisotopic (exact) mass is 419 g/mol. The number of nitrogens with zero attached hydrogens (tertiary/aromatic N) is 4. The van der Waals surface area contributed by atoms with E-state index in [2.05, 4.69) is 15.5 Å². The van der Waals surface area contributed by atoms with Gasteiger partial charge in [0.25, 0.3) is 5.91 Å². The van der Waals surface area contributed by atoms with Gasteiger partial charge in [0.05, 0.1) is 12.9 Å². The van der Waals surface area contributed by atoms with E-state index in [4.69, 9.17) is 4.74 Å². The molecular weight excluding hydrogens is 394 g/mol. The second kappa shape index (κ2) is 7.75. The summed E-state index contributed by atoms with van der Waals surface area (Å²) >= 11 is 0. The van der Waals surface area contributed by atoms with Gasteiger partial charge in [0.15, 0.2) is 0 Å². The fraction of sp³-hybridized carbons (Fsp3) is 0.526. The van der Waals surface area contributed by atoms with Crippen molar-refractivity contribution in [3.63, 3.8) is 0 Å². The molecule has 0 bridgehead atoms. The molecule has 2 unspecified atom stereocenters. The number of fused-ring (bicyclic) bond motifs is 2. The SMILES string of the molecule is CCCS(=O)(=O)N1CC2Cc3nnc(C(=O)Nc4ccc(OC)cc4)n3CC2C1. The van der Waals surface area contributed by atoms with E-state index in [9.17, 15) is 13.2 Å². The summed E-state index contributed by atoms with van der Waals surface area (Å²) in [5.74, 6) is 1.92. The van der Waals surface area contributed by atoms with Crippen LogP contribution in [0.2, 0.25) is 0 Å². The zero-order valence-electron chi connectivity index (χ0n) is 16.5. The number of benzene rings is 1. The molecule has 1 aromatic carbocycles. The summed E-state index contributed by atoms with van der Waals surface area (Å²) < 4.78 is 33.4. The Morgan fingerprint density at radius 1 is 1.17 bits per heavy atom. The van der Waals surface area contributed by atoms with Crippen LogP contribution >= 0.6 is 0 Å². The van der Waals surface area contributed by atoms with Gasteiger partial charge >= 0.3 is 0 Å². The summed E-state index contributed by atoms with van der Waals surface area (Å²) in [6.07, 6.45) is 1.24. The molecule has 0 aliphatic carbocycles. The molecule has 3 heterocycles. The third-order valence-electron chi connectivity index (χ3n) is 5.64. The number of methoxy groups -OCH3 is 1. The van der Waals surface area contributed by atoms with Crippen molar-refractivity contribution in [3.8, 4) is 5.75 Å². The summed E-state index contributed by atoms with van der Waals surface area (Å²) in [5, 5.41) is 11.1. The van der Waals surface area contributed by atoms with Gasteiger partial charge < -0.3 is 14.6 Å². The second-order valence-corrected chi connectivity index (χ2v) is 9.68. The average Bonchev–Trinajstić information content (AvgIpc) is 3.30. The van der Waals surface area contributed by atoms with E-state index in [1.54, 1.807) is 35.7 Å². The van der Waals surface area contributed by atoms with E-state index in [0.29, 0.717) is 43.9 Å². The minimum atomic E-state index is -3.21. The number of carbonyl (C=O) groups excluding carboxylic acids is 1. The number of sulfonamides is 1. The van der Waals surface area contributed by atoms with Crippen LogP contribution in [0.5, 0.6) is 5.75 Å². The summed E-state index contributed by atoms with van der Waals surface area (Å²) in [7, 11) is -1.63. The zero-order valence-corrected chi connectivity index (χ0v) is 17.4. The number of hydrogen-bond acceptors (Lipinski definition) is 6. The number of carbonyl (C=O) groups is 1. The number of aromatic nitrogens is 3. The van der Waals surface area contributed by atoms with Gasteiger partial charge in [-0.2, -0.15) is 0 Å². The maximum Gasteiger partial charge on any atom is 0.293 e. The van der Waals surface area contributed by atoms with Gasteiger partial charge in [-0.25, -0.2) is 12.7 Å². The van der Waals surface area contributed by atoms with Gasteiger partial charge in [-0.05, 0) is 42.5 Å². The van der Waals surface area contributed by atoms with Gasteiger partial charge in [0.2, 0.25) is 15.8 Å². The van der Waals surface area contributed by atoms with E-state index in [0.717, 1.165) is 5.82 Å². The third kappa shape index (κ3) is 3.86. The van der Waals surface area contributed by atoms with Crippen LogP contribution in [-0.4, -0.2) is 59.3 Å². The Morgan fingerprint density at radius 3 is 2.59 bits per heavy atom. The third-order valence-corrected chi connectivity index (χ3v) is 7.65. The molecule has 1 N–H and O–H groups in total. The lowest BCUT2D eigenvalue weighted by atomic mass is 9.89. The van der Waals surface area contributed by atoms with Gasteiger partial charge in [0.1, 0.15) is 11.6 Å². The fourth-order valence-electron chi connectivity index (χ4n) is 4.12. The Kier molecular flexibility index (Phi) is 5.30. The molecule has 0 radical (unpaired) electrons. The first-order chi connectivity index (χ1) is 13.9. The minimum absolute atomic E-state index is 0.165. The van der Waals surface area contributed by atoms with E-state index in [-0.39, 0.29) is 29.3 Å². The maximum absolute atomic E-state index is 12.7. The molecule has 2 aliphatic rings. The molecule has 9 nitrogen and oxygen atoms in total. The Labute approximate surface area is 170 Å². The molecular formula is C19H25N5O4S. The van der Waals surface area contributed by atoms with Crippen molar-refractivity contribution in [2.45, 2.75) is 26.3 Å². The van der Waals surface area contributed by atoms with Crippen molar-refractivity contribution >= 4 is 21.6 Å². The topological polar surface area (TPSA) is 106 Å². The highest BCUT2D eigenvalue weighted by Crippen LogP contribution is 2.34. The second-order valence-electron chi connectivity index (χ2n) is 7.59. The summed E-state index contributed by atoms with van der Waals surface area (Å²) in [4.78, 5) is 12.7. The van der Waals surface area contributed by atoms with Crippen LogP contribution in [0.15, 0.2) is 24.3 Å². The molecule has 2 aliphatic heterocycles. The maximum atomic E-state index is 12.7. The van der Waals surface area contributed by atoms with E-state index in [1.165, 1.54) is 0 Å². The molecule has 1 amide bonds. The Balaban J connectivity index is 1.48. The number of amides is 1. The molecule has 0 spiro atoms. The normalized spacial score (nSPS) is 21.4. The average molecular weight is 420 g/mol. The summed E-state index contributed by atoms with van der Waals surface area (Å²) in [5.41, 5.74) is 0.638. The number of ether oxygens (including phenoxy) is 1. The fourth-order valence-corrected chi connectivity index (χ4v) is 5.74. The molecule has 1 fully saturated rings. The molecule has 2 aromatic rings. The molecule has 1 aromatic heterocycles. The van der Waals surface area contributed by atoms with Crippen LogP contribution in [0.4, 0.5) is 5.69 Å². The predicted octanol–water partition coefficient (Wildman–Crippen LogP) is 1.38. The standard InChI is InChI=1S/C19H25N5O4S/c1-3-8-29(26,27)23-10-13-9-17-21-22-18(24(17)12-14(13)11-23)19(25)20-15-4-6-16(28-2)7-5-15/h4-7,13-14H,3,8-12H2,1-2H3,(H,20,25). The highest BCUT2D eigenvalue weighted by Gasteiger charge is 2.42. The first kappa shape index (κ1) is 19.8. The first-order valence-electron chi connectivity index (χ1n) is 9.76. The largest absolute Gasteiger partial charge is 0.497 e. The van der Waals surface area contributed by atoms with E-state index >= 15 is 0 Å². The highest BCUT2D eigenvalue weighted by molar-refractivity contribution is 7.89. The van der Waals surface area contributed by atoms with Crippen LogP contribution in [-0.2, 0) is 23.0 Å². The number of anilines is 1. The van der Waals surface area contributed by atoms with Gasteiger partial charge in [0, 0.05) is 31.7 Å². The number of hydrogen-bond donors (Lipinski definition) is 1. The molecule has 1 saturated heterocycles. The van der Waals surface area contributed by atoms with Crippen LogP contribution in [0.3, 0.4) is 0 Å². The van der Waals surface area contributed by atoms with Crippen molar-refractivity contribution in [2.24, 2.45) is 11.8 Å². The number of nitrogens with one attached hydrogen (secondary N) is 1. The van der Waals surface area contributed by atoms with Crippen molar-refractivity contribution in [3.05, 3.63) is 35.9 Å². The van der Waals surface area contributed by atoms with Crippen molar-refractivity contribution in [1.29, 1.82) is 0 Å². The van der Waals surface area contributed by atoms with Gasteiger partial charge in [-0.1, -0.05) is 6.92 Å². The molecule has 10 heteroatoms. The lowest BCUT2D eigenvalue weighted by Crippen LogP contribution is -2.31. The van der Waals surface area contributed by atoms with Gasteiger partial charge in [-0.3, -0.25) is 4.79 Å². The van der Waals surface area contributed by atoms with Crippen LogP contribution in [0, 0.1) is 11.8 Å². The van der Waals surface area contributed by atoms with E-state index in [1.807, 2.05) is 11.5 Å². The van der Waals surface area contributed by atoms with Crippen molar-refractivity contribution in [2.75, 3.05) is 31.3 Å². The van der Waals surface area contributed by atoms with Crippen LogP contribution in [0.25, 0.3) is 0 Å². The van der Waals surface area contributed by atoms with Crippen molar-refractivity contribution in [1.82, 2.24) is 19.1 Å². The van der Waals surface area contributed by atoms with Crippen LogP contribution < -0.4 is 10.1 Å². The smallest absolute Gasteiger partial charge is 0.293 e. The van der Waals surface area contributed by atoms with Crippen LogP contribution in [0.1, 0.15) is 29.8 Å². The molecule has 29 heavy (non-hydrogen) atoms. The Morgan fingerprint density at radius 2 is 1.90 bits per heavy atom. The minimum Gasteiger partial charge on any atom is -0.497 e. The van der Waals surface area contributed by atoms with E-state index < -0.39 is 10.0 Å². The predicted molar refractivity (Wildman–Crippen MR) is 107 cm³/mol. The Hall–Kier alpha value is -2.46. The lowest BCUT2D eigenvalue weighted by Gasteiger charge is -2.25. The number of rotatable bonds is 6. The summed E-state index contributed by atoms with van der Waals surface area (Å²) in [6.45, 7) is 3.43. The summed E-state index contributed by atoms with van der Waals surface area (Å²) in [6, 6.07) is 7.05. The highest BCUT2D eigenvalue weighted by atomic mass is 32.2. The zero-order chi connectivity index (χ0) is 20.6. The molecule has 0 saturated carbocycles. The molecule has 156 valence electrons. The Bertz CT molecular complexity index is 1000.